The highest BCUT2D eigenvalue weighted by molar-refractivity contribution is 5.78. The lowest BCUT2D eigenvalue weighted by Crippen LogP contribution is -2.21. The minimum atomic E-state index is -0.286. The van der Waals surface area contributed by atoms with E-state index in [0.717, 1.165) is 12.1 Å². The molecule has 19 heavy (non-hydrogen) atoms. The van der Waals surface area contributed by atoms with Gasteiger partial charge in [-0.2, -0.15) is 0 Å². The highest BCUT2D eigenvalue weighted by atomic mass is 16.3. The number of rotatable bonds is 2. The average molecular weight is 263 g/mol. The van der Waals surface area contributed by atoms with Crippen molar-refractivity contribution in [1.29, 1.82) is 0 Å². The smallest absolute Gasteiger partial charge is 0.276 e. The maximum absolute atomic E-state index is 11.7. The van der Waals surface area contributed by atoms with Crippen molar-refractivity contribution >= 4 is 17.0 Å². The van der Waals surface area contributed by atoms with Crippen LogP contribution < -0.4 is 11.3 Å². The summed E-state index contributed by atoms with van der Waals surface area (Å²) in [6.45, 7) is 4.16. The van der Waals surface area contributed by atoms with Crippen LogP contribution in [0.2, 0.25) is 0 Å². The Morgan fingerprint density at radius 1 is 1.58 bits per heavy atom. The summed E-state index contributed by atoms with van der Waals surface area (Å²) in [7, 11) is 0. The molecule has 3 heterocycles. The number of aliphatic hydroxyl groups is 1. The number of aliphatic hydroxyl groups excluding tert-OH is 1. The fourth-order valence-corrected chi connectivity index (χ4v) is 2.62. The van der Waals surface area contributed by atoms with Gasteiger partial charge >= 0.3 is 0 Å². The zero-order valence-corrected chi connectivity index (χ0v) is 10.7. The molecule has 0 radical (unpaired) electrons. The van der Waals surface area contributed by atoms with E-state index in [4.69, 9.17) is 5.73 Å². The number of nitrogens with two attached hydrogens (primary N) is 1. The first kappa shape index (κ1) is 12.2. The first-order chi connectivity index (χ1) is 9.04. The summed E-state index contributed by atoms with van der Waals surface area (Å²) >= 11 is 0. The first-order valence-electron chi connectivity index (χ1n) is 6.30. The summed E-state index contributed by atoms with van der Waals surface area (Å²) in [5, 5.41) is 9.76. The van der Waals surface area contributed by atoms with Gasteiger partial charge in [0.1, 0.15) is 11.0 Å². The number of H-pyrrole nitrogens is 2. The van der Waals surface area contributed by atoms with Crippen LogP contribution in [-0.4, -0.2) is 44.2 Å². The predicted molar refractivity (Wildman–Crippen MR) is 71.6 cm³/mol. The van der Waals surface area contributed by atoms with Gasteiger partial charge < -0.3 is 15.8 Å². The van der Waals surface area contributed by atoms with Crippen molar-refractivity contribution in [2.75, 3.05) is 18.8 Å². The third-order valence-corrected chi connectivity index (χ3v) is 3.67. The summed E-state index contributed by atoms with van der Waals surface area (Å²) in [4.78, 5) is 23.4. The van der Waals surface area contributed by atoms with E-state index in [1.807, 2.05) is 6.92 Å². The summed E-state index contributed by atoms with van der Waals surface area (Å²) in [6.07, 6.45) is 1.49. The second kappa shape index (κ2) is 4.36. The van der Waals surface area contributed by atoms with Crippen molar-refractivity contribution in [1.82, 2.24) is 19.9 Å². The number of β-amino-alcohol motifs (C(OH)–C–C–N with tert-alkyl or cyclic N) is 1. The largest absolute Gasteiger partial charge is 0.391 e. The Labute approximate surface area is 109 Å². The van der Waals surface area contributed by atoms with Gasteiger partial charge in [-0.25, -0.2) is 4.98 Å². The molecule has 2 aromatic heterocycles. The van der Waals surface area contributed by atoms with Gasteiger partial charge in [0.25, 0.3) is 5.56 Å². The third-order valence-electron chi connectivity index (χ3n) is 3.67. The molecule has 5 N–H and O–H groups in total. The number of nitrogens with one attached hydrogen (secondary N) is 2. The van der Waals surface area contributed by atoms with Gasteiger partial charge in [-0.05, 0) is 5.92 Å². The van der Waals surface area contributed by atoms with Crippen molar-refractivity contribution in [3.05, 3.63) is 22.1 Å². The van der Waals surface area contributed by atoms with E-state index in [2.05, 4.69) is 19.9 Å². The normalized spacial score (nSPS) is 24.3. The zero-order valence-electron chi connectivity index (χ0n) is 10.7. The first-order valence-corrected chi connectivity index (χ1v) is 6.30. The molecule has 1 saturated heterocycles. The van der Waals surface area contributed by atoms with Crippen LogP contribution in [0.25, 0.3) is 11.0 Å². The molecule has 2 unspecified atom stereocenters. The maximum atomic E-state index is 11.7. The third kappa shape index (κ3) is 2.11. The molecule has 0 saturated carbocycles. The lowest BCUT2D eigenvalue weighted by atomic mass is 10.1. The molecule has 2 aromatic rings. The van der Waals surface area contributed by atoms with Crippen LogP contribution in [0.1, 0.15) is 12.5 Å². The summed E-state index contributed by atoms with van der Waals surface area (Å²) < 4.78 is 0. The van der Waals surface area contributed by atoms with E-state index >= 15 is 0 Å². The summed E-state index contributed by atoms with van der Waals surface area (Å²) in [5.74, 6) is 0.389. The Kier molecular flexibility index (Phi) is 2.79. The van der Waals surface area contributed by atoms with Crippen LogP contribution >= 0.6 is 0 Å². The minimum Gasteiger partial charge on any atom is -0.391 e. The monoisotopic (exact) mass is 263 g/mol. The number of hydrogen-bond donors (Lipinski definition) is 4. The SMILES string of the molecule is CC1CN(Cc2c[nH]c3c(=O)[nH]c(N)nc23)CC1O. The van der Waals surface area contributed by atoms with E-state index in [1.54, 1.807) is 6.20 Å². The number of likely N-dealkylation sites (tertiary alicyclic amines) is 1. The van der Waals surface area contributed by atoms with E-state index in [1.165, 1.54) is 0 Å². The molecule has 7 heteroatoms. The second-order valence-electron chi connectivity index (χ2n) is 5.23. The van der Waals surface area contributed by atoms with E-state index in [0.29, 0.717) is 24.1 Å². The highest BCUT2D eigenvalue weighted by Gasteiger charge is 2.28. The van der Waals surface area contributed by atoms with Gasteiger partial charge in [-0.3, -0.25) is 14.7 Å². The van der Waals surface area contributed by atoms with Crippen molar-refractivity contribution < 1.29 is 5.11 Å². The van der Waals surface area contributed by atoms with Crippen molar-refractivity contribution in [3.8, 4) is 0 Å². The van der Waals surface area contributed by atoms with Crippen LogP contribution in [0.4, 0.5) is 5.95 Å². The molecular formula is C12H17N5O2. The maximum Gasteiger partial charge on any atom is 0.276 e. The lowest BCUT2D eigenvalue weighted by molar-refractivity contribution is 0.147. The zero-order chi connectivity index (χ0) is 13.6. The molecule has 0 spiro atoms. The molecule has 1 fully saturated rings. The topological polar surface area (TPSA) is 111 Å². The van der Waals surface area contributed by atoms with E-state index < -0.39 is 0 Å². The average Bonchev–Trinajstić information content (AvgIpc) is 2.85. The van der Waals surface area contributed by atoms with Gasteiger partial charge in [0, 0.05) is 31.4 Å². The number of hydrogen-bond acceptors (Lipinski definition) is 5. The van der Waals surface area contributed by atoms with Gasteiger partial charge in [-0.15, -0.1) is 0 Å². The van der Waals surface area contributed by atoms with Gasteiger partial charge in [0.15, 0.2) is 0 Å². The number of nitrogen functional groups attached to an aromatic ring is 1. The van der Waals surface area contributed by atoms with Crippen LogP contribution in [0.3, 0.4) is 0 Å². The van der Waals surface area contributed by atoms with Gasteiger partial charge in [-0.1, -0.05) is 6.92 Å². The number of anilines is 1. The van der Waals surface area contributed by atoms with Crippen molar-refractivity contribution in [2.45, 2.75) is 19.6 Å². The molecule has 7 nitrogen and oxygen atoms in total. The molecule has 0 bridgehead atoms. The molecular weight excluding hydrogens is 246 g/mol. The lowest BCUT2D eigenvalue weighted by Gasteiger charge is -2.13. The molecule has 0 amide bonds. The molecule has 1 aliphatic rings. The molecule has 3 rings (SSSR count). The van der Waals surface area contributed by atoms with Crippen molar-refractivity contribution in [2.24, 2.45) is 5.92 Å². The van der Waals surface area contributed by atoms with Crippen LogP contribution in [-0.2, 0) is 6.54 Å². The van der Waals surface area contributed by atoms with Gasteiger partial charge in [0.05, 0.1) is 6.10 Å². The second-order valence-corrected chi connectivity index (χ2v) is 5.23. The standard InChI is InChI=1S/C12H17N5O2/c1-6-3-17(5-8(6)18)4-7-2-14-10-9(7)15-12(13)16-11(10)19/h2,6,8,14,18H,3-5H2,1H3,(H3,13,15,16,19). The van der Waals surface area contributed by atoms with Crippen LogP contribution in [0, 0.1) is 5.92 Å². The highest BCUT2D eigenvalue weighted by Crippen LogP contribution is 2.21. The van der Waals surface area contributed by atoms with Gasteiger partial charge in [0.2, 0.25) is 5.95 Å². The quantitative estimate of drug-likeness (QED) is 0.591. The Bertz CT molecular complexity index is 652. The number of nitrogens with zero attached hydrogens (tertiary/aromatic N) is 2. The van der Waals surface area contributed by atoms with E-state index in [-0.39, 0.29) is 23.5 Å². The predicted octanol–water partition coefficient (Wildman–Crippen LogP) is -0.354. The summed E-state index contributed by atoms with van der Waals surface area (Å²) in [6, 6.07) is 0. The fraction of sp³-hybridized carbons (Fsp3) is 0.500. The molecule has 1 aliphatic heterocycles. The molecule has 0 aromatic carbocycles. The Morgan fingerprint density at radius 3 is 3.05 bits per heavy atom. The van der Waals surface area contributed by atoms with E-state index in [9.17, 15) is 9.90 Å². The minimum absolute atomic E-state index is 0.119. The number of aromatic amines is 2. The number of aromatic nitrogens is 3. The fourth-order valence-electron chi connectivity index (χ4n) is 2.62. The molecule has 102 valence electrons. The Morgan fingerprint density at radius 2 is 2.37 bits per heavy atom. The van der Waals surface area contributed by atoms with Crippen LogP contribution in [0.15, 0.2) is 11.0 Å². The molecule has 2 atom stereocenters. The van der Waals surface area contributed by atoms with Crippen molar-refractivity contribution in [3.63, 3.8) is 0 Å². The number of fused-ring (bicyclic) bond motifs is 1. The van der Waals surface area contributed by atoms with Crippen LogP contribution in [0.5, 0.6) is 0 Å². The summed E-state index contributed by atoms with van der Waals surface area (Å²) in [5.41, 5.74) is 7.28. The Hall–Kier alpha value is -1.86. The molecule has 0 aliphatic carbocycles. The Balaban J connectivity index is 1.92.